The molecule has 0 amide bonds. The molecule has 0 saturated heterocycles. The summed E-state index contributed by atoms with van der Waals surface area (Å²) in [7, 11) is 3.09. The Labute approximate surface area is 83.5 Å². The van der Waals surface area contributed by atoms with Crippen molar-refractivity contribution < 1.29 is 9.47 Å². The van der Waals surface area contributed by atoms with Crippen molar-refractivity contribution in [2.24, 2.45) is 0 Å². The lowest BCUT2D eigenvalue weighted by molar-refractivity contribution is 0.353. The first-order valence-electron chi connectivity index (χ1n) is 4.51. The molecule has 0 saturated carbocycles. The molecule has 0 aromatic carbocycles. The van der Waals surface area contributed by atoms with Crippen LogP contribution in [0.4, 0.5) is 5.82 Å². The third-order valence-electron chi connectivity index (χ3n) is 1.63. The second-order valence-electron chi connectivity index (χ2n) is 2.71. The molecule has 0 fully saturated rings. The van der Waals surface area contributed by atoms with Gasteiger partial charge in [-0.15, -0.1) is 0 Å². The number of ether oxygens (including phenoxy) is 2. The van der Waals surface area contributed by atoms with E-state index in [2.05, 4.69) is 22.2 Å². The van der Waals surface area contributed by atoms with E-state index in [0.29, 0.717) is 11.9 Å². The third kappa shape index (κ3) is 2.76. The minimum absolute atomic E-state index is 0.308. The van der Waals surface area contributed by atoms with Gasteiger partial charge in [-0.25, -0.2) is 0 Å². The van der Waals surface area contributed by atoms with Crippen molar-refractivity contribution in [2.75, 3.05) is 26.1 Å². The molecule has 1 N–H and O–H groups in total. The first kappa shape index (κ1) is 10.6. The van der Waals surface area contributed by atoms with Crippen LogP contribution in [0.3, 0.4) is 0 Å². The number of nitrogens with zero attached hydrogens (tertiary/aromatic N) is 2. The molecule has 0 bridgehead atoms. The van der Waals surface area contributed by atoms with E-state index in [1.807, 2.05) is 0 Å². The van der Waals surface area contributed by atoms with E-state index in [-0.39, 0.29) is 0 Å². The molecule has 78 valence electrons. The van der Waals surface area contributed by atoms with Crippen LogP contribution >= 0.6 is 0 Å². The fourth-order valence-corrected chi connectivity index (χ4v) is 0.943. The Bertz CT molecular complexity index is 269. The van der Waals surface area contributed by atoms with Crippen LogP contribution in [-0.2, 0) is 0 Å². The van der Waals surface area contributed by atoms with Gasteiger partial charge in [-0.3, -0.25) is 0 Å². The molecule has 0 radical (unpaired) electrons. The van der Waals surface area contributed by atoms with E-state index < -0.39 is 0 Å². The number of nitrogens with one attached hydrogen (secondary N) is 1. The topological polar surface area (TPSA) is 56.3 Å². The van der Waals surface area contributed by atoms with Crippen molar-refractivity contribution in [1.29, 1.82) is 0 Å². The smallest absolute Gasteiger partial charge is 0.321 e. The zero-order valence-electron chi connectivity index (χ0n) is 8.70. The highest BCUT2D eigenvalue weighted by Gasteiger charge is 2.03. The maximum absolute atomic E-state index is 5.01. The normalized spacial score (nSPS) is 9.64. The standard InChI is InChI=1S/C9H15N3O2/c1-4-5-10-7-6-8(13-2)12-9(11-7)14-3/h6H,4-5H2,1-3H3,(H,10,11,12). The second kappa shape index (κ2) is 5.26. The minimum Gasteiger partial charge on any atom is -0.481 e. The van der Waals surface area contributed by atoms with Gasteiger partial charge < -0.3 is 14.8 Å². The monoisotopic (exact) mass is 197 g/mol. The Hall–Kier alpha value is -1.52. The van der Waals surface area contributed by atoms with E-state index in [4.69, 9.17) is 9.47 Å². The summed E-state index contributed by atoms with van der Waals surface area (Å²) in [6.45, 7) is 2.95. The number of hydrogen-bond donors (Lipinski definition) is 1. The molecule has 0 spiro atoms. The van der Waals surface area contributed by atoms with E-state index >= 15 is 0 Å². The summed E-state index contributed by atoms with van der Waals surface area (Å²) in [5.74, 6) is 1.21. The fraction of sp³-hybridized carbons (Fsp3) is 0.556. The summed E-state index contributed by atoms with van der Waals surface area (Å²) < 4.78 is 9.94. The van der Waals surface area contributed by atoms with Gasteiger partial charge in [0.1, 0.15) is 5.82 Å². The Kier molecular flexibility index (Phi) is 3.97. The Morgan fingerprint density at radius 1 is 1.29 bits per heavy atom. The zero-order chi connectivity index (χ0) is 10.4. The summed E-state index contributed by atoms with van der Waals surface area (Å²) >= 11 is 0. The molecule has 14 heavy (non-hydrogen) atoms. The molecule has 1 heterocycles. The number of anilines is 1. The summed E-state index contributed by atoms with van der Waals surface area (Å²) in [4.78, 5) is 8.10. The van der Waals surface area contributed by atoms with E-state index in [0.717, 1.165) is 18.8 Å². The lowest BCUT2D eigenvalue weighted by Crippen LogP contribution is -2.04. The van der Waals surface area contributed by atoms with Gasteiger partial charge >= 0.3 is 6.01 Å². The summed E-state index contributed by atoms with van der Waals surface area (Å²) in [6.07, 6.45) is 1.04. The molecule has 1 aromatic heterocycles. The molecule has 1 rings (SSSR count). The molecule has 5 heteroatoms. The zero-order valence-corrected chi connectivity index (χ0v) is 8.70. The van der Waals surface area contributed by atoms with Gasteiger partial charge in [-0.2, -0.15) is 9.97 Å². The van der Waals surface area contributed by atoms with Gasteiger partial charge in [0.2, 0.25) is 5.88 Å². The molecule has 1 aromatic rings. The highest BCUT2D eigenvalue weighted by atomic mass is 16.5. The van der Waals surface area contributed by atoms with Crippen molar-refractivity contribution in [3.05, 3.63) is 6.07 Å². The SMILES string of the molecule is CCCNc1cc(OC)nc(OC)n1. The fourth-order valence-electron chi connectivity index (χ4n) is 0.943. The lowest BCUT2D eigenvalue weighted by Gasteiger charge is -2.07. The van der Waals surface area contributed by atoms with E-state index in [1.165, 1.54) is 7.11 Å². The van der Waals surface area contributed by atoms with Gasteiger partial charge in [0.15, 0.2) is 0 Å². The van der Waals surface area contributed by atoms with Crippen LogP contribution in [0.1, 0.15) is 13.3 Å². The average molecular weight is 197 g/mol. The van der Waals surface area contributed by atoms with Crippen molar-refractivity contribution in [1.82, 2.24) is 9.97 Å². The average Bonchev–Trinajstić information content (AvgIpc) is 2.25. The Morgan fingerprint density at radius 3 is 2.64 bits per heavy atom. The van der Waals surface area contributed by atoms with Crippen LogP contribution < -0.4 is 14.8 Å². The first-order valence-corrected chi connectivity index (χ1v) is 4.51. The van der Waals surface area contributed by atoms with Crippen LogP contribution in [0.2, 0.25) is 0 Å². The minimum atomic E-state index is 0.308. The first-order chi connectivity index (χ1) is 6.80. The predicted molar refractivity (Wildman–Crippen MR) is 53.9 cm³/mol. The van der Waals surface area contributed by atoms with Gasteiger partial charge in [-0.05, 0) is 6.42 Å². The van der Waals surface area contributed by atoms with Crippen LogP contribution in [0.5, 0.6) is 11.9 Å². The number of methoxy groups -OCH3 is 2. The Morgan fingerprint density at radius 2 is 2.07 bits per heavy atom. The Balaban J connectivity index is 2.81. The molecule has 0 aliphatic heterocycles. The van der Waals surface area contributed by atoms with Crippen LogP contribution in [0, 0.1) is 0 Å². The van der Waals surface area contributed by atoms with Gasteiger partial charge in [-0.1, -0.05) is 6.92 Å². The molecule has 5 nitrogen and oxygen atoms in total. The quantitative estimate of drug-likeness (QED) is 0.771. The predicted octanol–water partition coefficient (Wildman–Crippen LogP) is 1.32. The number of rotatable bonds is 5. The summed E-state index contributed by atoms with van der Waals surface area (Å²) in [5, 5.41) is 3.13. The molecule has 0 aliphatic carbocycles. The highest BCUT2D eigenvalue weighted by Crippen LogP contribution is 2.16. The summed E-state index contributed by atoms with van der Waals surface area (Å²) in [6, 6.07) is 2.04. The highest BCUT2D eigenvalue weighted by molar-refractivity contribution is 5.39. The molecular formula is C9H15N3O2. The van der Waals surface area contributed by atoms with Crippen molar-refractivity contribution in [2.45, 2.75) is 13.3 Å². The largest absolute Gasteiger partial charge is 0.481 e. The number of aromatic nitrogens is 2. The van der Waals surface area contributed by atoms with Crippen LogP contribution in [0.25, 0.3) is 0 Å². The van der Waals surface area contributed by atoms with Crippen LogP contribution in [-0.4, -0.2) is 30.7 Å². The van der Waals surface area contributed by atoms with Gasteiger partial charge in [0, 0.05) is 12.6 Å². The van der Waals surface area contributed by atoms with Gasteiger partial charge in [0.05, 0.1) is 14.2 Å². The molecular weight excluding hydrogens is 182 g/mol. The second-order valence-corrected chi connectivity index (χ2v) is 2.71. The molecule has 0 atom stereocenters. The van der Waals surface area contributed by atoms with E-state index in [9.17, 15) is 0 Å². The number of hydrogen-bond acceptors (Lipinski definition) is 5. The van der Waals surface area contributed by atoms with Crippen molar-refractivity contribution in [3.63, 3.8) is 0 Å². The maximum atomic E-state index is 5.01. The molecule has 0 unspecified atom stereocenters. The van der Waals surface area contributed by atoms with Crippen LogP contribution in [0.15, 0.2) is 6.07 Å². The lowest BCUT2D eigenvalue weighted by atomic mass is 10.4. The van der Waals surface area contributed by atoms with Crippen molar-refractivity contribution >= 4 is 5.82 Å². The van der Waals surface area contributed by atoms with Gasteiger partial charge in [0.25, 0.3) is 0 Å². The maximum Gasteiger partial charge on any atom is 0.321 e. The van der Waals surface area contributed by atoms with Crippen molar-refractivity contribution in [3.8, 4) is 11.9 Å². The van der Waals surface area contributed by atoms with E-state index in [1.54, 1.807) is 13.2 Å². The third-order valence-corrected chi connectivity index (χ3v) is 1.63. The molecule has 0 aliphatic rings. The summed E-state index contributed by atoms with van der Waals surface area (Å²) in [5.41, 5.74) is 0.